The molecule has 1 aromatic carbocycles. The number of carbonyl (C=O) groups excluding carboxylic acids is 1. The SMILES string of the molecule is CN=C(NCCNC(=O)C(C)(C)C)NC1CCN(Cc2ccc(F)c(F)c2)CC1.I. The Morgan fingerprint density at radius 2 is 1.77 bits per heavy atom. The summed E-state index contributed by atoms with van der Waals surface area (Å²) >= 11 is 0. The van der Waals surface area contributed by atoms with E-state index in [1.807, 2.05) is 20.8 Å². The molecule has 0 atom stereocenters. The number of piperidine rings is 1. The predicted octanol–water partition coefficient (Wildman–Crippen LogP) is 2.87. The summed E-state index contributed by atoms with van der Waals surface area (Å²) in [5, 5.41) is 9.54. The zero-order valence-electron chi connectivity index (χ0n) is 18.2. The first kappa shape index (κ1) is 26.5. The number of nitrogens with zero attached hydrogens (tertiary/aromatic N) is 2. The maximum absolute atomic E-state index is 13.4. The molecule has 1 aliphatic heterocycles. The molecular weight excluding hydrogens is 503 g/mol. The van der Waals surface area contributed by atoms with Crippen LogP contribution in [-0.2, 0) is 11.3 Å². The number of carbonyl (C=O) groups is 1. The molecule has 170 valence electrons. The fourth-order valence-corrected chi connectivity index (χ4v) is 3.14. The van der Waals surface area contributed by atoms with Crippen molar-refractivity contribution in [1.29, 1.82) is 0 Å². The van der Waals surface area contributed by atoms with E-state index in [9.17, 15) is 13.6 Å². The first-order valence-electron chi connectivity index (χ1n) is 10.1. The summed E-state index contributed by atoms with van der Waals surface area (Å²) in [5.74, 6) is -0.870. The third-order valence-corrected chi connectivity index (χ3v) is 4.93. The largest absolute Gasteiger partial charge is 0.355 e. The van der Waals surface area contributed by atoms with Crippen LogP contribution in [0.15, 0.2) is 23.2 Å². The molecule has 0 aliphatic carbocycles. The molecule has 1 fully saturated rings. The van der Waals surface area contributed by atoms with Gasteiger partial charge < -0.3 is 16.0 Å². The zero-order chi connectivity index (χ0) is 21.4. The van der Waals surface area contributed by atoms with E-state index < -0.39 is 17.0 Å². The first-order valence-corrected chi connectivity index (χ1v) is 10.1. The van der Waals surface area contributed by atoms with Crippen LogP contribution in [0.25, 0.3) is 0 Å². The van der Waals surface area contributed by atoms with Crippen molar-refractivity contribution < 1.29 is 13.6 Å². The minimum Gasteiger partial charge on any atom is -0.355 e. The smallest absolute Gasteiger partial charge is 0.225 e. The van der Waals surface area contributed by atoms with Gasteiger partial charge in [0.1, 0.15) is 0 Å². The van der Waals surface area contributed by atoms with Gasteiger partial charge in [-0.2, -0.15) is 0 Å². The van der Waals surface area contributed by atoms with Crippen molar-refractivity contribution in [2.75, 3.05) is 33.2 Å². The van der Waals surface area contributed by atoms with E-state index in [4.69, 9.17) is 0 Å². The molecule has 6 nitrogen and oxygen atoms in total. The number of benzene rings is 1. The van der Waals surface area contributed by atoms with Crippen molar-refractivity contribution in [3.05, 3.63) is 35.4 Å². The van der Waals surface area contributed by atoms with E-state index in [1.54, 1.807) is 13.1 Å². The van der Waals surface area contributed by atoms with Crippen molar-refractivity contribution in [3.63, 3.8) is 0 Å². The maximum atomic E-state index is 13.4. The number of hydrogen-bond acceptors (Lipinski definition) is 3. The van der Waals surface area contributed by atoms with Gasteiger partial charge in [-0.3, -0.25) is 14.7 Å². The minimum atomic E-state index is -0.812. The van der Waals surface area contributed by atoms with Gasteiger partial charge in [-0.15, -0.1) is 24.0 Å². The second-order valence-corrected chi connectivity index (χ2v) is 8.45. The van der Waals surface area contributed by atoms with Crippen LogP contribution < -0.4 is 16.0 Å². The molecule has 0 spiro atoms. The molecule has 0 radical (unpaired) electrons. The van der Waals surface area contributed by atoms with E-state index >= 15 is 0 Å². The lowest BCUT2D eigenvalue weighted by Crippen LogP contribution is -2.49. The summed E-state index contributed by atoms with van der Waals surface area (Å²) < 4.78 is 26.4. The van der Waals surface area contributed by atoms with Gasteiger partial charge in [-0.25, -0.2) is 8.78 Å². The average Bonchev–Trinajstić information content (AvgIpc) is 2.67. The number of halogens is 3. The maximum Gasteiger partial charge on any atom is 0.225 e. The van der Waals surface area contributed by atoms with Crippen molar-refractivity contribution in [1.82, 2.24) is 20.9 Å². The van der Waals surface area contributed by atoms with E-state index in [2.05, 4.69) is 25.8 Å². The Balaban J connectivity index is 0.00000450. The minimum absolute atomic E-state index is 0. The summed E-state index contributed by atoms with van der Waals surface area (Å²) in [4.78, 5) is 18.3. The van der Waals surface area contributed by atoms with Crippen LogP contribution in [-0.4, -0.2) is 56.0 Å². The lowest BCUT2D eigenvalue weighted by molar-refractivity contribution is -0.128. The van der Waals surface area contributed by atoms with Crippen molar-refractivity contribution >= 4 is 35.8 Å². The highest BCUT2D eigenvalue weighted by Crippen LogP contribution is 2.16. The fraction of sp³-hybridized carbons (Fsp3) is 0.619. The van der Waals surface area contributed by atoms with Gasteiger partial charge in [0.15, 0.2) is 17.6 Å². The third-order valence-electron chi connectivity index (χ3n) is 4.93. The first-order chi connectivity index (χ1) is 13.7. The van der Waals surface area contributed by atoms with E-state index in [1.165, 1.54) is 12.1 Å². The summed E-state index contributed by atoms with van der Waals surface area (Å²) in [6, 6.07) is 4.38. The number of aliphatic imine (C=N–C) groups is 1. The van der Waals surface area contributed by atoms with Gasteiger partial charge in [-0.05, 0) is 30.5 Å². The van der Waals surface area contributed by atoms with Crippen LogP contribution in [0, 0.1) is 17.0 Å². The molecule has 0 aromatic heterocycles. The summed E-state index contributed by atoms with van der Waals surface area (Å²) in [7, 11) is 1.72. The lowest BCUT2D eigenvalue weighted by Gasteiger charge is -2.33. The molecule has 3 N–H and O–H groups in total. The number of hydrogen-bond donors (Lipinski definition) is 3. The highest BCUT2D eigenvalue weighted by molar-refractivity contribution is 14.0. The molecule has 0 bridgehead atoms. The molecule has 1 aromatic rings. The highest BCUT2D eigenvalue weighted by atomic mass is 127. The van der Waals surface area contributed by atoms with Crippen LogP contribution in [0.4, 0.5) is 8.78 Å². The topological polar surface area (TPSA) is 68.8 Å². The molecular formula is C21H34F2IN5O. The predicted molar refractivity (Wildman–Crippen MR) is 127 cm³/mol. The van der Waals surface area contributed by atoms with Crippen LogP contribution in [0.1, 0.15) is 39.2 Å². The van der Waals surface area contributed by atoms with Crippen molar-refractivity contribution in [2.24, 2.45) is 10.4 Å². The average molecular weight is 537 g/mol. The Hall–Kier alpha value is -1.49. The van der Waals surface area contributed by atoms with E-state index in [0.29, 0.717) is 31.6 Å². The van der Waals surface area contributed by atoms with Gasteiger partial charge in [0.25, 0.3) is 0 Å². The monoisotopic (exact) mass is 537 g/mol. The standard InChI is InChI=1S/C21H33F2N5O.HI/c1-21(2,3)19(29)25-9-10-26-20(24-4)27-16-7-11-28(12-8-16)14-15-5-6-17(22)18(23)13-15;/h5-6,13,16H,7-12,14H2,1-4H3,(H,25,29)(H2,24,26,27);1H. The zero-order valence-corrected chi connectivity index (χ0v) is 20.6. The summed E-state index contributed by atoms with van der Waals surface area (Å²) in [6.07, 6.45) is 1.87. The molecule has 1 saturated heterocycles. The van der Waals surface area contributed by atoms with Gasteiger partial charge >= 0.3 is 0 Å². The van der Waals surface area contributed by atoms with Gasteiger partial charge in [-0.1, -0.05) is 26.8 Å². The lowest BCUT2D eigenvalue weighted by atomic mass is 9.96. The normalized spacial score (nSPS) is 16.0. The van der Waals surface area contributed by atoms with Crippen LogP contribution >= 0.6 is 24.0 Å². The molecule has 1 heterocycles. The Kier molecular flexibility index (Phi) is 11.0. The number of guanidine groups is 1. The Morgan fingerprint density at radius 3 is 2.33 bits per heavy atom. The van der Waals surface area contributed by atoms with Gasteiger partial charge in [0.2, 0.25) is 5.91 Å². The van der Waals surface area contributed by atoms with Crippen LogP contribution in [0.5, 0.6) is 0 Å². The number of likely N-dealkylation sites (tertiary alicyclic amines) is 1. The van der Waals surface area contributed by atoms with E-state index in [-0.39, 0.29) is 29.9 Å². The summed E-state index contributed by atoms with van der Waals surface area (Å²) in [6.45, 7) is 9.13. The number of nitrogens with one attached hydrogen (secondary N) is 3. The Bertz CT molecular complexity index is 716. The van der Waals surface area contributed by atoms with Crippen molar-refractivity contribution in [2.45, 2.75) is 46.2 Å². The molecule has 1 amide bonds. The molecule has 2 rings (SSSR count). The fourth-order valence-electron chi connectivity index (χ4n) is 3.14. The quantitative estimate of drug-likeness (QED) is 0.226. The van der Waals surface area contributed by atoms with Crippen molar-refractivity contribution in [3.8, 4) is 0 Å². The molecule has 9 heteroatoms. The molecule has 0 unspecified atom stereocenters. The van der Waals surface area contributed by atoms with E-state index in [0.717, 1.165) is 31.5 Å². The highest BCUT2D eigenvalue weighted by Gasteiger charge is 2.21. The Labute approximate surface area is 195 Å². The second-order valence-electron chi connectivity index (χ2n) is 8.45. The second kappa shape index (κ2) is 12.4. The third kappa shape index (κ3) is 8.71. The van der Waals surface area contributed by atoms with Crippen LogP contribution in [0.3, 0.4) is 0 Å². The van der Waals surface area contributed by atoms with Crippen LogP contribution in [0.2, 0.25) is 0 Å². The molecule has 0 saturated carbocycles. The molecule has 30 heavy (non-hydrogen) atoms. The Morgan fingerprint density at radius 1 is 1.13 bits per heavy atom. The molecule has 1 aliphatic rings. The number of amides is 1. The summed E-state index contributed by atoms with van der Waals surface area (Å²) in [5.41, 5.74) is 0.387. The number of rotatable bonds is 6. The van der Waals surface area contributed by atoms with Gasteiger partial charge in [0.05, 0.1) is 0 Å². The van der Waals surface area contributed by atoms with Gasteiger partial charge in [0, 0.05) is 51.2 Å².